The fraction of sp³-hybridized carbons (Fsp3) is 0.833. The first-order chi connectivity index (χ1) is 4.19. The fourth-order valence-corrected chi connectivity index (χ4v) is 0.792. The van der Waals surface area contributed by atoms with E-state index in [9.17, 15) is 4.79 Å². The summed E-state index contributed by atoms with van der Waals surface area (Å²) < 4.78 is 12.1. The smallest absolute Gasteiger partial charge is 0.309 e. The number of esters is 1. The van der Waals surface area contributed by atoms with Crippen molar-refractivity contribution in [2.75, 3.05) is 6.61 Å². The van der Waals surface area contributed by atoms with Gasteiger partial charge < -0.3 is 4.74 Å². The van der Waals surface area contributed by atoms with Gasteiger partial charge in [0.25, 0.3) is 0 Å². The molecule has 1 rings (SSSR count). The van der Waals surface area contributed by atoms with Crippen LogP contribution in [0.2, 0.25) is 0 Å². The van der Waals surface area contributed by atoms with Crippen molar-refractivity contribution in [2.24, 2.45) is 5.89 Å². The number of hydrogen-bond donors (Lipinski definition) is 0. The van der Waals surface area contributed by atoms with Crippen LogP contribution in [-0.2, 0) is 9.53 Å². The van der Waals surface area contributed by atoms with Crippen LogP contribution >= 0.6 is 0 Å². The minimum absolute atomic E-state index is 0.356. The molecule has 0 N–H and O–H groups in total. The van der Waals surface area contributed by atoms with Crippen molar-refractivity contribution in [1.82, 2.24) is 0 Å². The Morgan fingerprint density at radius 1 is 2.12 bits per heavy atom. The molecule has 1 aliphatic rings. The molecule has 1 fully saturated rings. The van der Waals surface area contributed by atoms with Crippen molar-refractivity contribution in [3.05, 3.63) is 0 Å². The first-order valence-electron chi connectivity index (χ1n) is 3.36. The van der Waals surface area contributed by atoms with Gasteiger partial charge in [0.15, 0.2) is 0 Å². The van der Waals surface area contributed by atoms with E-state index in [1.807, 2.05) is 6.92 Å². The average Bonchev–Trinajstić information content (AvgIpc) is 2.15. The maximum Gasteiger partial charge on any atom is 0.309 e. The van der Waals surface area contributed by atoms with Crippen molar-refractivity contribution in [3.63, 3.8) is 0 Å². The van der Waals surface area contributed by atoms with E-state index in [1.54, 1.807) is 0 Å². The molecule has 0 aromatic heterocycles. The van der Waals surface area contributed by atoms with Gasteiger partial charge in [0, 0.05) is 1.37 Å². The van der Waals surface area contributed by atoms with Crippen LogP contribution in [0.3, 0.4) is 0 Å². The highest BCUT2D eigenvalue weighted by atomic mass is 16.5. The third-order valence-electron chi connectivity index (χ3n) is 1.35. The lowest BCUT2D eigenvalue weighted by molar-refractivity contribution is -0.141. The molecule has 1 heterocycles. The molecule has 0 saturated carbocycles. The normalized spacial score (nSPS) is 39.1. The van der Waals surface area contributed by atoms with E-state index in [4.69, 9.17) is 1.37 Å². The minimum Gasteiger partial charge on any atom is -0.465 e. The first kappa shape index (κ1) is 4.36. The quantitative estimate of drug-likeness (QED) is 0.476. The fourth-order valence-electron chi connectivity index (χ4n) is 0.792. The summed E-state index contributed by atoms with van der Waals surface area (Å²) in [5.41, 5.74) is 0. The van der Waals surface area contributed by atoms with Gasteiger partial charge in [-0.2, -0.15) is 0 Å². The van der Waals surface area contributed by atoms with E-state index < -0.39 is 5.89 Å². The summed E-state index contributed by atoms with van der Waals surface area (Å²) in [5.74, 6) is -1.27. The molecule has 2 nitrogen and oxygen atoms in total. The summed E-state index contributed by atoms with van der Waals surface area (Å²) in [6, 6.07) is 0. The maximum absolute atomic E-state index is 10.7. The summed E-state index contributed by atoms with van der Waals surface area (Å²) in [6.45, 7) is 2.26. The molecule has 0 spiro atoms. The second-order valence-electron chi connectivity index (χ2n) is 1.84. The van der Waals surface area contributed by atoms with E-state index in [0.717, 1.165) is 0 Å². The van der Waals surface area contributed by atoms with Crippen LogP contribution in [0.1, 0.15) is 21.1 Å². The largest absolute Gasteiger partial charge is 0.465 e. The van der Waals surface area contributed by atoms with Crippen LogP contribution < -0.4 is 0 Å². The third kappa shape index (κ3) is 0.831. The number of cyclic esters (lactones) is 1. The second kappa shape index (κ2) is 2.16. The maximum atomic E-state index is 10.7. The SMILES string of the molecule is [2H][C@]1(CC)CCOC1=O. The molecule has 46 valence electrons. The highest BCUT2D eigenvalue weighted by Gasteiger charge is 2.23. The number of carbonyl (C=O) groups is 1. The Hall–Kier alpha value is -0.530. The molecule has 0 unspecified atom stereocenters. The van der Waals surface area contributed by atoms with Crippen molar-refractivity contribution in [2.45, 2.75) is 19.8 Å². The van der Waals surface area contributed by atoms with Gasteiger partial charge in [-0.15, -0.1) is 0 Å². The molecule has 8 heavy (non-hydrogen) atoms. The van der Waals surface area contributed by atoms with E-state index >= 15 is 0 Å². The van der Waals surface area contributed by atoms with Gasteiger partial charge in [0.2, 0.25) is 0 Å². The summed E-state index contributed by atoms with van der Waals surface area (Å²) in [5, 5.41) is 0. The Morgan fingerprint density at radius 2 is 2.88 bits per heavy atom. The van der Waals surface area contributed by atoms with Crippen LogP contribution in [0.4, 0.5) is 0 Å². The molecule has 2 heteroatoms. The lowest BCUT2D eigenvalue weighted by Crippen LogP contribution is -2.04. The molecule has 0 aromatic carbocycles. The molecule has 0 aromatic rings. The molecular weight excluding hydrogens is 104 g/mol. The predicted molar refractivity (Wildman–Crippen MR) is 29.4 cm³/mol. The Kier molecular flexibility index (Phi) is 1.18. The molecule has 1 atom stereocenters. The molecule has 1 aliphatic heterocycles. The number of carbonyl (C=O) groups excluding carboxylic acids is 1. The third-order valence-corrected chi connectivity index (χ3v) is 1.35. The second-order valence-corrected chi connectivity index (χ2v) is 1.84. The Bertz CT molecular complexity index is 135. The molecule has 0 radical (unpaired) electrons. The van der Waals surface area contributed by atoms with Crippen molar-refractivity contribution in [1.29, 1.82) is 0 Å². The monoisotopic (exact) mass is 115 g/mol. The van der Waals surface area contributed by atoms with Crippen LogP contribution in [0.5, 0.6) is 0 Å². The number of rotatable bonds is 1. The van der Waals surface area contributed by atoms with Crippen LogP contribution in [0.15, 0.2) is 0 Å². The average molecular weight is 115 g/mol. The van der Waals surface area contributed by atoms with Gasteiger partial charge in [0.1, 0.15) is 0 Å². The standard InChI is InChI=1S/C6H10O2/c1-2-5-3-4-8-6(5)7/h5H,2-4H2,1H3/t5-/m0/s1/i5D. The van der Waals surface area contributed by atoms with Gasteiger partial charge in [-0.05, 0) is 12.8 Å². The number of ether oxygens (including phenoxy) is 1. The summed E-state index contributed by atoms with van der Waals surface area (Å²) in [6.07, 6.45) is 1.12. The lowest BCUT2D eigenvalue weighted by Gasteiger charge is -1.95. The topological polar surface area (TPSA) is 26.3 Å². The Labute approximate surface area is 50.2 Å². The minimum atomic E-state index is -0.917. The zero-order chi connectivity index (χ0) is 6.91. The Morgan fingerprint density at radius 3 is 3.12 bits per heavy atom. The van der Waals surface area contributed by atoms with Crippen LogP contribution in [0.25, 0.3) is 0 Å². The van der Waals surface area contributed by atoms with Gasteiger partial charge in [-0.1, -0.05) is 6.92 Å². The predicted octanol–water partition coefficient (Wildman–Crippen LogP) is 0.960. The highest BCUT2D eigenvalue weighted by molar-refractivity contribution is 5.73. The molecule has 0 bridgehead atoms. The van der Waals surface area contributed by atoms with E-state index in [2.05, 4.69) is 4.74 Å². The van der Waals surface area contributed by atoms with Crippen molar-refractivity contribution >= 4 is 5.97 Å². The van der Waals surface area contributed by atoms with Crippen molar-refractivity contribution in [3.8, 4) is 0 Å². The Balaban J connectivity index is 2.67. The van der Waals surface area contributed by atoms with Gasteiger partial charge >= 0.3 is 5.97 Å². The summed E-state index contributed by atoms with van der Waals surface area (Å²) >= 11 is 0. The van der Waals surface area contributed by atoms with E-state index in [1.165, 1.54) is 0 Å². The molecule has 0 aliphatic carbocycles. The van der Waals surface area contributed by atoms with Gasteiger partial charge in [0.05, 0.1) is 12.5 Å². The van der Waals surface area contributed by atoms with E-state index in [-0.39, 0.29) is 5.97 Å². The van der Waals surface area contributed by atoms with Gasteiger partial charge in [-0.25, -0.2) is 0 Å². The molecule has 0 amide bonds. The molecular formula is C6H10O2. The van der Waals surface area contributed by atoms with Crippen LogP contribution in [0, 0.1) is 5.89 Å². The van der Waals surface area contributed by atoms with Crippen molar-refractivity contribution < 1.29 is 10.9 Å². The highest BCUT2D eigenvalue weighted by Crippen LogP contribution is 2.16. The first-order valence-corrected chi connectivity index (χ1v) is 2.86. The van der Waals surface area contributed by atoms with E-state index in [0.29, 0.717) is 19.4 Å². The molecule has 1 saturated heterocycles. The zero-order valence-corrected chi connectivity index (χ0v) is 4.94. The number of hydrogen-bond acceptors (Lipinski definition) is 2. The summed E-state index contributed by atoms with van der Waals surface area (Å²) in [7, 11) is 0. The summed E-state index contributed by atoms with van der Waals surface area (Å²) in [4.78, 5) is 10.7. The zero-order valence-electron chi connectivity index (χ0n) is 5.94. The van der Waals surface area contributed by atoms with Gasteiger partial charge in [-0.3, -0.25) is 4.79 Å². The van der Waals surface area contributed by atoms with Crippen LogP contribution in [-0.4, -0.2) is 12.6 Å². The lowest BCUT2D eigenvalue weighted by atomic mass is 10.1.